The fourth-order valence-corrected chi connectivity index (χ4v) is 2.31. The number of amides is 1. The van der Waals surface area contributed by atoms with Crippen LogP contribution >= 0.6 is 0 Å². The van der Waals surface area contributed by atoms with E-state index < -0.39 is 32.5 Å². The fourth-order valence-electron chi connectivity index (χ4n) is 1.26. The molecule has 20 heavy (non-hydrogen) atoms. The van der Waals surface area contributed by atoms with Gasteiger partial charge in [-0.15, -0.1) is 6.42 Å². The molecule has 2 N–H and O–H groups in total. The van der Waals surface area contributed by atoms with Crippen molar-refractivity contribution in [3.8, 4) is 12.3 Å². The topological polar surface area (TPSA) is 75.3 Å². The highest BCUT2D eigenvalue weighted by molar-refractivity contribution is 7.89. The second-order valence-corrected chi connectivity index (χ2v) is 5.47. The highest BCUT2D eigenvalue weighted by atomic mass is 32.2. The minimum atomic E-state index is -3.99. The van der Waals surface area contributed by atoms with Crippen LogP contribution in [0.5, 0.6) is 0 Å². The number of terminal acetylenes is 1. The van der Waals surface area contributed by atoms with Gasteiger partial charge in [-0.2, -0.15) is 0 Å². The Labute approximate surface area is 115 Å². The summed E-state index contributed by atoms with van der Waals surface area (Å²) in [4.78, 5) is 10.8. The monoisotopic (exact) mass is 302 g/mol. The smallest absolute Gasteiger partial charge is 0.240 e. The van der Waals surface area contributed by atoms with E-state index in [0.717, 1.165) is 6.07 Å². The third-order valence-electron chi connectivity index (χ3n) is 2.23. The summed E-state index contributed by atoms with van der Waals surface area (Å²) in [5.41, 5.74) is 0. The van der Waals surface area contributed by atoms with Gasteiger partial charge >= 0.3 is 0 Å². The summed E-state index contributed by atoms with van der Waals surface area (Å²) in [6, 6.07) is 2.21. The van der Waals surface area contributed by atoms with Gasteiger partial charge in [0.1, 0.15) is 0 Å². The van der Waals surface area contributed by atoms with Crippen LogP contribution in [0.4, 0.5) is 8.78 Å². The first-order chi connectivity index (χ1) is 9.36. The van der Waals surface area contributed by atoms with E-state index in [4.69, 9.17) is 6.42 Å². The standard InChI is InChI=1S/C12H12F2N2O3S/c1-2-6-15-12(17)5-7-16-20(18,19)9-3-4-10(13)11(14)8-9/h1,3-4,8,16H,5-7H2,(H,15,17). The van der Waals surface area contributed by atoms with Crippen LogP contribution in [0.1, 0.15) is 6.42 Å². The van der Waals surface area contributed by atoms with Crippen LogP contribution in [0.25, 0.3) is 0 Å². The lowest BCUT2D eigenvalue weighted by Crippen LogP contribution is -2.31. The van der Waals surface area contributed by atoms with Gasteiger partial charge in [0.15, 0.2) is 11.6 Å². The summed E-state index contributed by atoms with van der Waals surface area (Å²) in [6.07, 6.45) is 4.81. The molecule has 1 aromatic carbocycles. The van der Waals surface area contributed by atoms with Crippen LogP contribution in [0.2, 0.25) is 0 Å². The van der Waals surface area contributed by atoms with Gasteiger partial charge in [0.2, 0.25) is 15.9 Å². The van der Waals surface area contributed by atoms with Gasteiger partial charge in [0.05, 0.1) is 11.4 Å². The third kappa shape index (κ3) is 4.60. The minimum absolute atomic E-state index is 0.0504. The minimum Gasteiger partial charge on any atom is -0.345 e. The van der Waals surface area contributed by atoms with Crippen molar-refractivity contribution in [3.05, 3.63) is 29.8 Å². The molecule has 0 atom stereocenters. The Balaban J connectivity index is 2.60. The number of hydrogen-bond donors (Lipinski definition) is 2. The summed E-state index contributed by atoms with van der Waals surface area (Å²) < 4.78 is 51.2. The van der Waals surface area contributed by atoms with E-state index in [2.05, 4.69) is 16.0 Å². The Morgan fingerprint density at radius 2 is 2.00 bits per heavy atom. The Morgan fingerprint density at radius 3 is 2.60 bits per heavy atom. The SMILES string of the molecule is C#CCNC(=O)CCNS(=O)(=O)c1ccc(F)c(F)c1. The zero-order valence-corrected chi connectivity index (χ0v) is 11.1. The molecule has 0 saturated carbocycles. The molecule has 0 aliphatic carbocycles. The van der Waals surface area contributed by atoms with Gasteiger partial charge in [-0.1, -0.05) is 5.92 Å². The van der Waals surface area contributed by atoms with Crippen molar-refractivity contribution in [2.45, 2.75) is 11.3 Å². The summed E-state index contributed by atoms with van der Waals surface area (Å²) in [7, 11) is -3.99. The molecule has 0 aromatic heterocycles. The second kappa shape index (κ2) is 6.98. The molecule has 1 amide bonds. The normalized spacial score (nSPS) is 10.8. The molecule has 1 rings (SSSR count). The van der Waals surface area contributed by atoms with E-state index >= 15 is 0 Å². The largest absolute Gasteiger partial charge is 0.345 e. The molecule has 0 aliphatic heterocycles. The van der Waals surface area contributed by atoms with Gasteiger partial charge in [-0.25, -0.2) is 21.9 Å². The van der Waals surface area contributed by atoms with Crippen molar-refractivity contribution in [1.29, 1.82) is 0 Å². The van der Waals surface area contributed by atoms with E-state index in [1.165, 1.54) is 0 Å². The average Bonchev–Trinajstić information content (AvgIpc) is 2.39. The van der Waals surface area contributed by atoms with Gasteiger partial charge in [0.25, 0.3) is 0 Å². The predicted octanol–water partition coefficient (Wildman–Crippen LogP) is 0.383. The first-order valence-corrected chi connectivity index (χ1v) is 7.00. The van der Waals surface area contributed by atoms with Crippen LogP contribution in [0.15, 0.2) is 23.1 Å². The van der Waals surface area contributed by atoms with Crippen molar-refractivity contribution in [2.24, 2.45) is 0 Å². The summed E-state index contributed by atoms with van der Waals surface area (Å²) >= 11 is 0. The van der Waals surface area contributed by atoms with Crippen molar-refractivity contribution in [2.75, 3.05) is 13.1 Å². The number of carbonyl (C=O) groups excluding carboxylic acids is 1. The molecular formula is C12H12F2N2O3S. The molecular weight excluding hydrogens is 290 g/mol. The molecule has 0 bridgehead atoms. The van der Waals surface area contributed by atoms with Gasteiger partial charge < -0.3 is 5.32 Å². The molecule has 0 heterocycles. The zero-order valence-electron chi connectivity index (χ0n) is 10.3. The summed E-state index contributed by atoms with van der Waals surface area (Å²) in [5, 5.41) is 2.36. The lowest BCUT2D eigenvalue weighted by molar-refractivity contribution is -0.120. The molecule has 108 valence electrons. The van der Waals surface area contributed by atoms with E-state index in [0.29, 0.717) is 12.1 Å². The maximum absolute atomic E-state index is 12.9. The van der Waals surface area contributed by atoms with E-state index in [9.17, 15) is 22.0 Å². The molecule has 0 spiro atoms. The number of nitrogens with one attached hydrogen (secondary N) is 2. The predicted molar refractivity (Wildman–Crippen MR) is 68.0 cm³/mol. The Kier molecular flexibility index (Phi) is 5.61. The fraction of sp³-hybridized carbons (Fsp3) is 0.250. The molecule has 1 aromatic rings. The second-order valence-electron chi connectivity index (χ2n) is 3.70. The van der Waals surface area contributed by atoms with Crippen molar-refractivity contribution in [3.63, 3.8) is 0 Å². The first-order valence-electron chi connectivity index (χ1n) is 5.51. The molecule has 8 heteroatoms. The van der Waals surface area contributed by atoms with Crippen LogP contribution in [-0.4, -0.2) is 27.4 Å². The Hall–Kier alpha value is -1.98. The van der Waals surface area contributed by atoms with Crippen molar-refractivity contribution in [1.82, 2.24) is 10.0 Å². The van der Waals surface area contributed by atoms with Gasteiger partial charge in [-0.3, -0.25) is 4.79 Å². The lowest BCUT2D eigenvalue weighted by Gasteiger charge is -2.07. The Bertz CT molecular complexity index is 639. The van der Waals surface area contributed by atoms with Crippen LogP contribution < -0.4 is 10.0 Å². The van der Waals surface area contributed by atoms with Gasteiger partial charge in [0, 0.05) is 13.0 Å². The van der Waals surface area contributed by atoms with E-state index in [1.54, 1.807) is 0 Å². The molecule has 0 fully saturated rings. The highest BCUT2D eigenvalue weighted by Crippen LogP contribution is 2.13. The lowest BCUT2D eigenvalue weighted by atomic mass is 10.3. The number of rotatable bonds is 6. The van der Waals surface area contributed by atoms with Crippen LogP contribution in [0, 0.1) is 24.0 Å². The molecule has 0 saturated heterocycles. The Morgan fingerprint density at radius 1 is 1.30 bits per heavy atom. The maximum atomic E-state index is 12.9. The third-order valence-corrected chi connectivity index (χ3v) is 3.69. The molecule has 0 aliphatic rings. The highest BCUT2D eigenvalue weighted by Gasteiger charge is 2.16. The maximum Gasteiger partial charge on any atom is 0.240 e. The number of benzene rings is 1. The number of sulfonamides is 1. The van der Waals surface area contributed by atoms with Crippen molar-refractivity contribution >= 4 is 15.9 Å². The van der Waals surface area contributed by atoms with Crippen LogP contribution in [-0.2, 0) is 14.8 Å². The van der Waals surface area contributed by atoms with Crippen LogP contribution in [0.3, 0.4) is 0 Å². The van der Waals surface area contributed by atoms with Crippen molar-refractivity contribution < 1.29 is 22.0 Å². The van der Waals surface area contributed by atoms with E-state index in [1.807, 2.05) is 0 Å². The quantitative estimate of drug-likeness (QED) is 0.746. The molecule has 0 radical (unpaired) electrons. The zero-order chi connectivity index (χ0) is 15.2. The first kappa shape index (κ1) is 16.1. The number of hydrogen-bond acceptors (Lipinski definition) is 3. The summed E-state index contributed by atoms with van der Waals surface area (Å²) in [5.74, 6) is -0.631. The average molecular weight is 302 g/mol. The molecule has 5 nitrogen and oxygen atoms in total. The molecule has 0 unspecified atom stereocenters. The summed E-state index contributed by atoms with van der Waals surface area (Å²) in [6.45, 7) is -0.132. The number of carbonyl (C=O) groups is 1. The van der Waals surface area contributed by atoms with Gasteiger partial charge in [-0.05, 0) is 18.2 Å². The number of halogens is 2. The van der Waals surface area contributed by atoms with E-state index in [-0.39, 0.29) is 19.5 Å².